The van der Waals surface area contributed by atoms with E-state index < -0.39 is 0 Å². The summed E-state index contributed by atoms with van der Waals surface area (Å²) in [6.45, 7) is 6.32. The second-order valence-electron chi connectivity index (χ2n) is 4.27. The van der Waals surface area contributed by atoms with E-state index in [1.165, 1.54) is 6.20 Å². The Bertz CT molecular complexity index is 538. The first-order valence-electron chi connectivity index (χ1n) is 4.98. The predicted molar refractivity (Wildman–Crippen MR) is 57.8 cm³/mol. The van der Waals surface area contributed by atoms with Gasteiger partial charge in [-0.1, -0.05) is 20.8 Å². The molecule has 5 nitrogen and oxygen atoms in total. The molecule has 0 aliphatic heterocycles. The zero-order valence-corrected chi connectivity index (χ0v) is 9.09. The van der Waals surface area contributed by atoms with Gasteiger partial charge in [0.1, 0.15) is 11.3 Å². The number of nitrogens with one attached hydrogen (secondary N) is 2. The largest absolute Gasteiger partial charge is 0.346 e. The third-order valence-electron chi connectivity index (χ3n) is 2.79. The Labute approximate surface area is 87.0 Å². The molecule has 0 saturated carbocycles. The number of aromatic nitrogens is 4. The van der Waals surface area contributed by atoms with Gasteiger partial charge in [0.25, 0.3) is 0 Å². The van der Waals surface area contributed by atoms with E-state index in [-0.39, 0.29) is 11.1 Å². The number of hydrogen-bond donors (Lipinski definition) is 2. The average molecular weight is 206 g/mol. The van der Waals surface area contributed by atoms with Gasteiger partial charge in [-0.2, -0.15) is 4.98 Å². The molecular weight excluding hydrogens is 192 g/mol. The first kappa shape index (κ1) is 9.89. The minimum Gasteiger partial charge on any atom is -0.339 e. The second kappa shape index (κ2) is 3.18. The number of nitrogens with zero attached hydrogens (tertiary/aromatic N) is 2. The summed E-state index contributed by atoms with van der Waals surface area (Å²) in [5.74, 6) is 0.878. The molecule has 15 heavy (non-hydrogen) atoms. The molecule has 2 N–H and O–H groups in total. The maximum atomic E-state index is 11.0. The highest BCUT2D eigenvalue weighted by Crippen LogP contribution is 2.24. The van der Waals surface area contributed by atoms with Crippen molar-refractivity contribution in [2.24, 2.45) is 0 Å². The van der Waals surface area contributed by atoms with Gasteiger partial charge in [0.15, 0.2) is 5.65 Å². The number of hydrogen-bond acceptors (Lipinski definition) is 3. The van der Waals surface area contributed by atoms with E-state index in [0.717, 1.165) is 17.8 Å². The van der Waals surface area contributed by atoms with E-state index in [4.69, 9.17) is 0 Å². The Morgan fingerprint density at radius 1 is 1.40 bits per heavy atom. The summed E-state index contributed by atoms with van der Waals surface area (Å²) >= 11 is 0. The summed E-state index contributed by atoms with van der Waals surface area (Å²) in [6, 6.07) is 0. The van der Waals surface area contributed by atoms with Crippen LogP contribution < -0.4 is 5.69 Å². The Balaban J connectivity index is 2.61. The van der Waals surface area contributed by atoms with Gasteiger partial charge in [-0.25, -0.2) is 9.78 Å². The molecule has 0 aliphatic rings. The van der Waals surface area contributed by atoms with Gasteiger partial charge in [0.05, 0.1) is 6.20 Å². The number of aromatic amines is 2. The Kier molecular flexibility index (Phi) is 2.10. The van der Waals surface area contributed by atoms with Crippen LogP contribution in [0.3, 0.4) is 0 Å². The molecule has 80 valence electrons. The molecular formula is C10H14N4O. The molecule has 2 aromatic heterocycles. The van der Waals surface area contributed by atoms with Crippen LogP contribution in [0, 0.1) is 0 Å². The van der Waals surface area contributed by atoms with Gasteiger partial charge >= 0.3 is 5.69 Å². The molecule has 0 bridgehead atoms. The van der Waals surface area contributed by atoms with Crippen molar-refractivity contribution >= 4 is 11.2 Å². The van der Waals surface area contributed by atoms with Crippen LogP contribution in [0.4, 0.5) is 0 Å². The van der Waals surface area contributed by atoms with Crippen LogP contribution in [0.25, 0.3) is 11.2 Å². The lowest BCUT2D eigenvalue weighted by atomic mass is 9.90. The number of fused-ring (bicyclic) bond motifs is 1. The van der Waals surface area contributed by atoms with Crippen molar-refractivity contribution in [3.8, 4) is 0 Å². The zero-order valence-electron chi connectivity index (χ0n) is 9.09. The van der Waals surface area contributed by atoms with Crippen molar-refractivity contribution < 1.29 is 0 Å². The van der Waals surface area contributed by atoms with Gasteiger partial charge in [0.2, 0.25) is 0 Å². The fourth-order valence-corrected chi connectivity index (χ4v) is 1.32. The van der Waals surface area contributed by atoms with Gasteiger partial charge < -0.3 is 4.98 Å². The van der Waals surface area contributed by atoms with E-state index in [1.54, 1.807) is 0 Å². The third kappa shape index (κ3) is 1.65. The minimum atomic E-state index is -0.366. The third-order valence-corrected chi connectivity index (χ3v) is 2.79. The maximum Gasteiger partial charge on any atom is 0.346 e. The lowest BCUT2D eigenvalue weighted by Crippen LogP contribution is -2.17. The smallest absolute Gasteiger partial charge is 0.339 e. The van der Waals surface area contributed by atoms with E-state index in [0.29, 0.717) is 5.65 Å². The van der Waals surface area contributed by atoms with Crippen LogP contribution in [0.15, 0.2) is 11.0 Å². The number of rotatable bonds is 2. The fourth-order valence-electron chi connectivity index (χ4n) is 1.32. The summed E-state index contributed by atoms with van der Waals surface area (Å²) in [5.41, 5.74) is 0.961. The maximum absolute atomic E-state index is 11.0. The number of H-pyrrole nitrogens is 2. The molecule has 0 amide bonds. The summed E-state index contributed by atoms with van der Waals surface area (Å²) in [4.78, 5) is 24.8. The van der Waals surface area contributed by atoms with Crippen LogP contribution in [0.2, 0.25) is 0 Å². The highest BCUT2D eigenvalue weighted by Gasteiger charge is 2.22. The zero-order chi connectivity index (χ0) is 11.1. The topological polar surface area (TPSA) is 74.4 Å². The number of imidazole rings is 1. The molecule has 0 spiro atoms. The highest BCUT2D eigenvalue weighted by atomic mass is 16.1. The first-order valence-corrected chi connectivity index (χ1v) is 4.98. The van der Waals surface area contributed by atoms with Gasteiger partial charge in [-0.3, -0.25) is 4.98 Å². The molecule has 0 unspecified atom stereocenters. The van der Waals surface area contributed by atoms with Gasteiger partial charge in [-0.05, 0) is 6.42 Å². The van der Waals surface area contributed by atoms with E-state index in [1.807, 2.05) is 0 Å². The van der Waals surface area contributed by atoms with E-state index in [9.17, 15) is 4.79 Å². The van der Waals surface area contributed by atoms with Crippen molar-refractivity contribution in [1.29, 1.82) is 0 Å². The monoisotopic (exact) mass is 206 g/mol. The van der Waals surface area contributed by atoms with Crippen molar-refractivity contribution in [3.63, 3.8) is 0 Å². The van der Waals surface area contributed by atoms with Crippen LogP contribution in [0.1, 0.15) is 33.0 Å². The molecule has 0 radical (unpaired) electrons. The Morgan fingerprint density at radius 3 is 2.80 bits per heavy atom. The van der Waals surface area contributed by atoms with Crippen molar-refractivity contribution in [1.82, 2.24) is 19.9 Å². The second-order valence-corrected chi connectivity index (χ2v) is 4.27. The standard InChI is InChI=1S/C10H14N4O/c1-4-10(2,3)8-12-6-5-11-9(15)14-7(6)13-8/h5H,4H2,1-3H3,(H2,11,12,13,14,15). The molecule has 0 atom stereocenters. The molecule has 0 aromatic carbocycles. The Hall–Kier alpha value is -1.65. The fraction of sp³-hybridized carbons (Fsp3) is 0.500. The van der Waals surface area contributed by atoms with Crippen LogP contribution >= 0.6 is 0 Å². The average Bonchev–Trinajstić information content (AvgIpc) is 2.61. The molecule has 5 heteroatoms. The molecule has 2 aromatic rings. The minimum absolute atomic E-state index is 0.0179. The Morgan fingerprint density at radius 2 is 2.13 bits per heavy atom. The molecule has 2 heterocycles. The SMILES string of the molecule is CCC(C)(C)c1nc2[nH]c(=O)ncc2[nH]1. The van der Waals surface area contributed by atoms with Crippen molar-refractivity contribution in [2.75, 3.05) is 0 Å². The van der Waals surface area contributed by atoms with E-state index in [2.05, 4.69) is 40.7 Å². The summed E-state index contributed by atoms with van der Waals surface area (Å²) in [7, 11) is 0. The normalized spacial score (nSPS) is 12.2. The van der Waals surface area contributed by atoms with Crippen molar-refractivity contribution in [3.05, 3.63) is 22.5 Å². The molecule has 2 rings (SSSR count). The summed E-state index contributed by atoms with van der Waals surface area (Å²) < 4.78 is 0. The van der Waals surface area contributed by atoms with Gasteiger partial charge in [0, 0.05) is 5.41 Å². The summed E-state index contributed by atoms with van der Waals surface area (Å²) in [5, 5.41) is 0. The lowest BCUT2D eigenvalue weighted by molar-refractivity contribution is 0.479. The quantitative estimate of drug-likeness (QED) is 0.778. The lowest BCUT2D eigenvalue weighted by Gasteiger charge is -2.18. The van der Waals surface area contributed by atoms with Crippen molar-refractivity contribution in [2.45, 2.75) is 32.6 Å². The van der Waals surface area contributed by atoms with Gasteiger partial charge in [-0.15, -0.1) is 0 Å². The van der Waals surface area contributed by atoms with Crippen LogP contribution in [-0.2, 0) is 5.41 Å². The highest BCUT2D eigenvalue weighted by molar-refractivity contribution is 5.68. The molecule has 0 fully saturated rings. The molecule has 0 saturated heterocycles. The summed E-state index contributed by atoms with van der Waals surface area (Å²) in [6.07, 6.45) is 2.49. The van der Waals surface area contributed by atoms with Crippen LogP contribution in [0.5, 0.6) is 0 Å². The van der Waals surface area contributed by atoms with E-state index >= 15 is 0 Å². The first-order chi connectivity index (χ1) is 7.03. The molecule has 0 aliphatic carbocycles. The van der Waals surface area contributed by atoms with Crippen LogP contribution in [-0.4, -0.2) is 19.9 Å². The predicted octanol–water partition coefficient (Wildman–Crippen LogP) is 1.33.